The molecule has 1 aliphatic rings. The lowest BCUT2D eigenvalue weighted by Gasteiger charge is -2.32. The van der Waals surface area contributed by atoms with Crippen molar-refractivity contribution in [1.82, 2.24) is 5.32 Å². The molecule has 108 valence electrons. The van der Waals surface area contributed by atoms with Crippen LogP contribution in [0.15, 0.2) is 28.7 Å². The summed E-state index contributed by atoms with van der Waals surface area (Å²) in [5.74, 6) is 0.983. The van der Waals surface area contributed by atoms with Crippen LogP contribution < -0.4 is 5.32 Å². The second-order valence-corrected chi connectivity index (χ2v) is 5.95. The first kappa shape index (κ1) is 13.7. The molecule has 1 aromatic carbocycles. The van der Waals surface area contributed by atoms with Crippen LogP contribution in [-0.2, 0) is 4.74 Å². The fraction of sp³-hybridized carbons (Fsp3) is 0.529. The van der Waals surface area contributed by atoms with E-state index in [2.05, 4.69) is 50.4 Å². The summed E-state index contributed by atoms with van der Waals surface area (Å²) in [5, 5.41) is 4.71. The summed E-state index contributed by atoms with van der Waals surface area (Å²) in [5.41, 5.74) is 2.04. The van der Waals surface area contributed by atoms with Gasteiger partial charge < -0.3 is 14.5 Å². The van der Waals surface area contributed by atoms with E-state index in [-0.39, 0.29) is 11.6 Å². The van der Waals surface area contributed by atoms with E-state index in [4.69, 9.17) is 9.15 Å². The molecule has 0 bridgehead atoms. The number of hydrogen-bond acceptors (Lipinski definition) is 3. The third kappa shape index (κ3) is 2.36. The lowest BCUT2D eigenvalue weighted by atomic mass is 9.91. The van der Waals surface area contributed by atoms with Crippen molar-refractivity contribution < 1.29 is 9.15 Å². The highest BCUT2D eigenvalue weighted by atomic mass is 16.5. The van der Waals surface area contributed by atoms with Gasteiger partial charge in [0.15, 0.2) is 0 Å². The van der Waals surface area contributed by atoms with Gasteiger partial charge in [-0.15, -0.1) is 0 Å². The molecule has 0 saturated carbocycles. The third-order valence-electron chi connectivity index (χ3n) is 4.24. The van der Waals surface area contributed by atoms with Crippen molar-refractivity contribution in [2.45, 2.75) is 45.3 Å². The van der Waals surface area contributed by atoms with E-state index in [1.165, 1.54) is 10.9 Å². The molecule has 2 unspecified atom stereocenters. The largest absolute Gasteiger partial charge is 0.459 e. The van der Waals surface area contributed by atoms with Crippen LogP contribution in [0.5, 0.6) is 0 Å². The zero-order chi connectivity index (χ0) is 14.2. The van der Waals surface area contributed by atoms with E-state index < -0.39 is 0 Å². The van der Waals surface area contributed by atoms with E-state index in [0.717, 1.165) is 37.3 Å². The number of aryl methyl sites for hydroxylation is 1. The van der Waals surface area contributed by atoms with Gasteiger partial charge in [-0.3, -0.25) is 0 Å². The fourth-order valence-electron chi connectivity index (χ4n) is 3.18. The van der Waals surface area contributed by atoms with E-state index in [0.29, 0.717) is 0 Å². The lowest BCUT2D eigenvalue weighted by molar-refractivity contribution is -0.0173. The van der Waals surface area contributed by atoms with Crippen LogP contribution in [0.25, 0.3) is 11.0 Å². The third-order valence-corrected chi connectivity index (χ3v) is 4.24. The quantitative estimate of drug-likeness (QED) is 0.915. The smallest absolute Gasteiger partial charge is 0.134 e. The first-order valence-electron chi connectivity index (χ1n) is 7.50. The molecule has 1 fully saturated rings. The minimum Gasteiger partial charge on any atom is -0.459 e. The topological polar surface area (TPSA) is 34.4 Å². The average molecular weight is 273 g/mol. The summed E-state index contributed by atoms with van der Waals surface area (Å²) < 4.78 is 12.1. The van der Waals surface area contributed by atoms with Crippen molar-refractivity contribution in [2.24, 2.45) is 0 Å². The molecule has 0 spiro atoms. The number of nitrogens with one attached hydrogen (secondary N) is 1. The second-order valence-electron chi connectivity index (χ2n) is 5.95. The zero-order valence-corrected chi connectivity index (χ0v) is 12.5. The molecule has 3 heteroatoms. The monoisotopic (exact) mass is 273 g/mol. The molecule has 0 amide bonds. The minimum atomic E-state index is -0.168. The highest BCUT2D eigenvalue weighted by Gasteiger charge is 2.40. The predicted octanol–water partition coefficient (Wildman–Crippen LogP) is 3.96. The maximum atomic E-state index is 6.07. The number of fused-ring (bicyclic) bond motifs is 1. The molecular formula is C17H23NO2. The second kappa shape index (κ2) is 5.23. The van der Waals surface area contributed by atoms with Crippen LogP contribution in [0, 0.1) is 6.92 Å². The Bertz CT molecular complexity index is 596. The Morgan fingerprint density at radius 1 is 1.35 bits per heavy atom. The van der Waals surface area contributed by atoms with Gasteiger partial charge in [0.05, 0.1) is 11.6 Å². The van der Waals surface area contributed by atoms with Gasteiger partial charge in [0.25, 0.3) is 0 Å². The molecule has 3 nitrogen and oxygen atoms in total. The maximum absolute atomic E-state index is 6.07. The van der Waals surface area contributed by atoms with Gasteiger partial charge in [-0.1, -0.05) is 18.6 Å². The summed E-state index contributed by atoms with van der Waals surface area (Å²) in [4.78, 5) is 0. The number of ether oxygens (including phenoxy) is 1. The van der Waals surface area contributed by atoms with Crippen LogP contribution in [0.3, 0.4) is 0 Å². The summed E-state index contributed by atoms with van der Waals surface area (Å²) in [6, 6.07) is 8.58. The Morgan fingerprint density at radius 2 is 2.20 bits per heavy atom. The van der Waals surface area contributed by atoms with Crippen molar-refractivity contribution in [1.29, 1.82) is 0 Å². The Morgan fingerprint density at radius 3 is 2.90 bits per heavy atom. The maximum Gasteiger partial charge on any atom is 0.134 e. The normalized spacial score (nSPS) is 24.4. The molecule has 3 rings (SSSR count). The number of rotatable bonds is 4. The number of benzene rings is 1. The van der Waals surface area contributed by atoms with Crippen molar-refractivity contribution >= 4 is 11.0 Å². The molecule has 0 radical (unpaired) electrons. The van der Waals surface area contributed by atoms with Gasteiger partial charge in [0.2, 0.25) is 0 Å². The highest BCUT2D eigenvalue weighted by molar-refractivity contribution is 5.78. The molecule has 1 saturated heterocycles. The number of likely N-dealkylation sites (N-methyl/N-ethyl adjacent to an activating group) is 1. The Hall–Kier alpha value is -1.32. The molecule has 1 aliphatic heterocycles. The first-order chi connectivity index (χ1) is 9.62. The SMILES string of the molecule is CCNC(c1cc2cc(C)ccc2o1)C1(C)CCCO1. The van der Waals surface area contributed by atoms with Crippen molar-refractivity contribution in [3.8, 4) is 0 Å². The van der Waals surface area contributed by atoms with E-state index in [9.17, 15) is 0 Å². The van der Waals surface area contributed by atoms with Crippen LogP contribution >= 0.6 is 0 Å². The van der Waals surface area contributed by atoms with Gasteiger partial charge in [-0.25, -0.2) is 0 Å². The Kier molecular flexibility index (Phi) is 3.57. The molecule has 2 aromatic rings. The van der Waals surface area contributed by atoms with Gasteiger partial charge in [0, 0.05) is 12.0 Å². The Balaban J connectivity index is 2.00. The standard InChI is InChI=1S/C17H23NO2/c1-4-18-16(17(3)8-5-9-19-17)15-11-13-10-12(2)6-7-14(13)20-15/h6-7,10-11,16,18H,4-5,8-9H2,1-3H3. The number of hydrogen-bond donors (Lipinski definition) is 1. The van der Waals surface area contributed by atoms with Crippen LogP contribution in [0.1, 0.15) is 44.1 Å². The summed E-state index contributed by atoms with van der Waals surface area (Å²) in [6.45, 7) is 8.16. The van der Waals surface area contributed by atoms with E-state index in [1.807, 2.05) is 0 Å². The zero-order valence-electron chi connectivity index (χ0n) is 12.5. The van der Waals surface area contributed by atoms with Crippen LogP contribution in [0.2, 0.25) is 0 Å². The fourth-order valence-corrected chi connectivity index (χ4v) is 3.18. The van der Waals surface area contributed by atoms with Gasteiger partial charge >= 0.3 is 0 Å². The average Bonchev–Trinajstić information content (AvgIpc) is 3.02. The molecule has 1 aromatic heterocycles. The lowest BCUT2D eigenvalue weighted by Crippen LogP contribution is -2.41. The molecular weight excluding hydrogens is 250 g/mol. The van der Waals surface area contributed by atoms with Crippen LogP contribution in [-0.4, -0.2) is 18.8 Å². The molecule has 1 N–H and O–H groups in total. The number of furan rings is 1. The molecule has 0 aliphatic carbocycles. The summed E-state index contributed by atoms with van der Waals surface area (Å²) in [7, 11) is 0. The molecule has 20 heavy (non-hydrogen) atoms. The highest BCUT2D eigenvalue weighted by Crippen LogP contribution is 2.39. The summed E-state index contributed by atoms with van der Waals surface area (Å²) in [6.07, 6.45) is 2.19. The van der Waals surface area contributed by atoms with Crippen molar-refractivity contribution in [2.75, 3.05) is 13.2 Å². The molecule has 2 heterocycles. The summed E-state index contributed by atoms with van der Waals surface area (Å²) >= 11 is 0. The van der Waals surface area contributed by atoms with Crippen molar-refractivity contribution in [3.05, 3.63) is 35.6 Å². The van der Waals surface area contributed by atoms with Gasteiger partial charge in [-0.2, -0.15) is 0 Å². The first-order valence-corrected chi connectivity index (χ1v) is 7.50. The molecule has 2 atom stereocenters. The minimum absolute atomic E-state index is 0.114. The van der Waals surface area contributed by atoms with Gasteiger partial charge in [0.1, 0.15) is 11.3 Å². The predicted molar refractivity (Wildman–Crippen MR) is 81.0 cm³/mol. The van der Waals surface area contributed by atoms with Crippen molar-refractivity contribution in [3.63, 3.8) is 0 Å². The van der Waals surface area contributed by atoms with Gasteiger partial charge in [-0.05, 0) is 51.4 Å². The Labute approximate surface area is 120 Å². The van der Waals surface area contributed by atoms with Crippen LogP contribution in [0.4, 0.5) is 0 Å². The van der Waals surface area contributed by atoms with E-state index >= 15 is 0 Å². The van der Waals surface area contributed by atoms with E-state index in [1.54, 1.807) is 0 Å².